The SMILES string of the molecule is c1ccc(-c2nc(-c3ccccc3)nc(-n3c4ccccc4c4ccc5c6cc7ccncc7cc6n(-c6ccccc6)c5c43)n2)cc1. The molecule has 10 rings (SSSR count). The van der Waals surface area contributed by atoms with Crippen molar-refractivity contribution < 1.29 is 0 Å². The minimum Gasteiger partial charge on any atom is -0.307 e. The first-order valence-electron chi connectivity index (χ1n) is 16.0. The first kappa shape index (κ1) is 26.5. The second kappa shape index (κ2) is 10.4. The number of para-hydroxylation sites is 2. The Balaban J connectivity index is 1.41. The van der Waals surface area contributed by atoms with Crippen LogP contribution in [0.5, 0.6) is 0 Å². The van der Waals surface area contributed by atoms with E-state index in [0.717, 1.165) is 65.8 Å². The lowest BCUT2D eigenvalue weighted by molar-refractivity contribution is 0.953. The van der Waals surface area contributed by atoms with Crippen LogP contribution >= 0.6 is 0 Å². The lowest BCUT2D eigenvalue weighted by Crippen LogP contribution is -2.07. The number of hydrogen-bond acceptors (Lipinski definition) is 4. The molecule has 48 heavy (non-hydrogen) atoms. The van der Waals surface area contributed by atoms with Gasteiger partial charge >= 0.3 is 0 Å². The molecule has 6 nitrogen and oxygen atoms in total. The van der Waals surface area contributed by atoms with Crippen LogP contribution in [0.25, 0.3) is 88.8 Å². The van der Waals surface area contributed by atoms with Crippen LogP contribution in [0.3, 0.4) is 0 Å². The molecule has 0 N–H and O–H groups in total. The third-order valence-corrected chi connectivity index (χ3v) is 9.22. The van der Waals surface area contributed by atoms with E-state index in [-0.39, 0.29) is 0 Å². The van der Waals surface area contributed by atoms with Crippen molar-refractivity contribution in [3.05, 3.63) is 158 Å². The highest BCUT2D eigenvalue weighted by Gasteiger charge is 2.23. The maximum atomic E-state index is 5.20. The van der Waals surface area contributed by atoms with Crippen molar-refractivity contribution >= 4 is 54.4 Å². The van der Waals surface area contributed by atoms with E-state index in [1.807, 2.05) is 73.1 Å². The molecule has 10 aromatic rings. The number of hydrogen-bond donors (Lipinski definition) is 0. The fourth-order valence-corrected chi connectivity index (χ4v) is 7.08. The maximum absolute atomic E-state index is 5.20. The molecule has 0 radical (unpaired) electrons. The van der Waals surface area contributed by atoms with E-state index in [4.69, 9.17) is 15.0 Å². The van der Waals surface area contributed by atoms with Crippen LogP contribution in [0.4, 0.5) is 0 Å². The number of pyridine rings is 1. The molecule has 0 bridgehead atoms. The fraction of sp³-hybridized carbons (Fsp3) is 0. The van der Waals surface area contributed by atoms with Crippen molar-refractivity contribution in [2.45, 2.75) is 0 Å². The van der Waals surface area contributed by atoms with Crippen molar-refractivity contribution in [3.63, 3.8) is 0 Å². The molecule has 0 aliphatic rings. The van der Waals surface area contributed by atoms with Gasteiger partial charge in [-0.2, -0.15) is 9.97 Å². The monoisotopic (exact) mass is 614 g/mol. The van der Waals surface area contributed by atoms with Gasteiger partial charge in [-0.05, 0) is 41.8 Å². The second-order valence-electron chi connectivity index (χ2n) is 12.0. The Morgan fingerprint density at radius 3 is 1.73 bits per heavy atom. The van der Waals surface area contributed by atoms with Crippen molar-refractivity contribution in [1.82, 2.24) is 29.1 Å². The zero-order chi connectivity index (χ0) is 31.6. The molecule has 0 aliphatic carbocycles. The Morgan fingerprint density at radius 1 is 0.417 bits per heavy atom. The molecule has 0 atom stereocenters. The van der Waals surface area contributed by atoms with Gasteiger partial charge in [-0.25, -0.2) is 4.98 Å². The van der Waals surface area contributed by atoms with Gasteiger partial charge in [0.15, 0.2) is 11.6 Å². The third-order valence-electron chi connectivity index (χ3n) is 9.22. The van der Waals surface area contributed by atoms with Crippen molar-refractivity contribution in [1.29, 1.82) is 0 Å². The highest BCUT2D eigenvalue weighted by molar-refractivity contribution is 6.24. The van der Waals surface area contributed by atoms with Crippen LogP contribution in [0.2, 0.25) is 0 Å². The van der Waals surface area contributed by atoms with Crippen LogP contribution in [0.1, 0.15) is 0 Å². The highest BCUT2D eigenvalue weighted by Crippen LogP contribution is 2.42. The number of nitrogens with zero attached hydrogens (tertiary/aromatic N) is 6. The fourth-order valence-electron chi connectivity index (χ4n) is 7.08. The topological polar surface area (TPSA) is 61.4 Å². The summed E-state index contributed by atoms with van der Waals surface area (Å²) >= 11 is 0. The third kappa shape index (κ3) is 3.99. The van der Waals surface area contributed by atoms with Crippen LogP contribution < -0.4 is 0 Å². The Bertz CT molecular complexity index is 2760. The first-order valence-corrected chi connectivity index (χ1v) is 16.0. The highest BCUT2D eigenvalue weighted by atomic mass is 15.2. The van der Waals surface area contributed by atoms with E-state index in [1.165, 1.54) is 5.39 Å². The van der Waals surface area contributed by atoms with E-state index >= 15 is 0 Å². The lowest BCUT2D eigenvalue weighted by Gasteiger charge is -2.13. The number of benzene rings is 6. The summed E-state index contributed by atoms with van der Waals surface area (Å²) in [5.41, 5.74) is 7.23. The van der Waals surface area contributed by atoms with E-state index < -0.39 is 0 Å². The molecule has 4 heterocycles. The second-order valence-corrected chi connectivity index (χ2v) is 12.0. The Labute approximate surface area is 275 Å². The molecule has 6 aromatic carbocycles. The van der Waals surface area contributed by atoms with Gasteiger partial charge in [0, 0.05) is 56.1 Å². The molecule has 0 saturated carbocycles. The van der Waals surface area contributed by atoms with E-state index in [1.54, 1.807) is 0 Å². The molecular formula is C42H26N6. The van der Waals surface area contributed by atoms with Gasteiger partial charge in [-0.3, -0.25) is 9.55 Å². The summed E-state index contributed by atoms with van der Waals surface area (Å²) in [7, 11) is 0. The van der Waals surface area contributed by atoms with Gasteiger partial charge in [0.1, 0.15) is 0 Å². The summed E-state index contributed by atoms with van der Waals surface area (Å²) in [4.78, 5) is 19.8. The summed E-state index contributed by atoms with van der Waals surface area (Å²) in [6.07, 6.45) is 3.80. The normalized spacial score (nSPS) is 11.8. The van der Waals surface area contributed by atoms with Crippen LogP contribution in [0, 0.1) is 0 Å². The van der Waals surface area contributed by atoms with E-state index in [2.05, 4.69) is 99.0 Å². The predicted octanol–water partition coefficient (Wildman–Crippen LogP) is 9.95. The summed E-state index contributed by atoms with van der Waals surface area (Å²) in [6.45, 7) is 0. The molecule has 0 unspecified atom stereocenters. The molecule has 0 amide bonds. The lowest BCUT2D eigenvalue weighted by atomic mass is 10.1. The zero-order valence-corrected chi connectivity index (χ0v) is 25.7. The van der Waals surface area contributed by atoms with Gasteiger partial charge in [0.05, 0.1) is 22.1 Å². The Morgan fingerprint density at radius 2 is 1.02 bits per heavy atom. The van der Waals surface area contributed by atoms with Crippen molar-refractivity contribution in [2.75, 3.05) is 0 Å². The van der Waals surface area contributed by atoms with Crippen LogP contribution in [-0.2, 0) is 0 Å². The maximum Gasteiger partial charge on any atom is 0.238 e. The molecule has 224 valence electrons. The molecule has 6 heteroatoms. The molecule has 0 saturated heterocycles. The zero-order valence-electron chi connectivity index (χ0n) is 25.7. The number of aromatic nitrogens is 6. The predicted molar refractivity (Wildman–Crippen MR) is 195 cm³/mol. The number of fused-ring (bicyclic) bond motifs is 8. The molecule has 4 aromatic heterocycles. The van der Waals surface area contributed by atoms with Crippen LogP contribution in [0.15, 0.2) is 158 Å². The van der Waals surface area contributed by atoms with Crippen molar-refractivity contribution in [3.8, 4) is 34.4 Å². The largest absolute Gasteiger partial charge is 0.307 e. The Kier molecular flexibility index (Phi) is 5.77. The average molecular weight is 615 g/mol. The summed E-state index contributed by atoms with van der Waals surface area (Å²) < 4.78 is 4.61. The Hall–Kier alpha value is -6.66. The summed E-state index contributed by atoms with van der Waals surface area (Å²) in [5, 5.41) is 6.85. The average Bonchev–Trinajstić information content (AvgIpc) is 3.67. The van der Waals surface area contributed by atoms with Gasteiger partial charge in [0.25, 0.3) is 0 Å². The standard InChI is InChI=1S/C42H26N6/c1-4-12-27(13-5-1)40-44-41(28-14-6-2-7-15-28)46-42(45-40)48-36-19-11-10-18-32(36)33-20-21-34-35-24-29-22-23-43-26-30(29)25-37(35)47(38(34)39(33)48)31-16-8-3-9-17-31/h1-26H. The minimum absolute atomic E-state index is 0.570. The van der Waals surface area contributed by atoms with E-state index in [9.17, 15) is 0 Å². The van der Waals surface area contributed by atoms with Gasteiger partial charge in [0.2, 0.25) is 5.95 Å². The first-order chi connectivity index (χ1) is 23.8. The summed E-state index contributed by atoms with van der Waals surface area (Å²) in [6, 6.07) is 50.5. The number of rotatable bonds is 4. The quantitative estimate of drug-likeness (QED) is 0.198. The van der Waals surface area contributed by atoms with Crippen molar-refractivity contribution in [2.24, 2.45) is 0 Å². The molecule has 0 aliphatic heterocycles. The molecule has 0 spiro atoms. The van der Waals surface area contributed by atoms with Gasteiger partial charge in [-0.1, -0.05) is 109 Å². The molecular weight excluding hydrogens is 589 g/mol. The molecule has 0 fully saturated rings. The van der Waals surface area contributed by atoms with Gasteiger partial charge < -0.3 is 4.57 Å². The van der Waals surface area contributed by atoms with Gasteiger partial charge in [-0.15, -0.1) is 0 Å². The summed E-state index contributed by atoms with van der Waals surface area (Å²) in [5.74, 6) is 1.82. The smallest absolute Gasteiger partial charge is 0.238 e. The minimum atomic E-state index is 0.570. The van der Waals surface area contributed by atoms with E-state index in [0.29, 0.717) is 17.6 Å². The van der Waals surface area contributed by atoms with Crippen LogP contribution in [-0.4, -0.2) is 29.1 Å².